The number of thioether (sulfide) groups is 1. The van der Waals surface area contributed by atoms with Crippen molar-refractivity contribution in [2.24, 2.45) is 12.0 Å². The number of aliphatic imine (C=N–C) groups is 1. The quantitative estimate of drug-likeness (QED) is 0.621. The average molecular weight is 365 g/mol. The van der Waals surface area contributed by atoms with Crippen molar-refractivity contribution in [2.75, 3.05) is 18.1 Å². The Morgan fingerprint density at radius 2 is 2.16 bits per heavy atom. The molecule has 1 saturated carbocycles. The molecule has 3 aliphatic rings. The van der Waals surface area contributed by atoms with Crippen LogP contribution in [0.25, 0.3) is 0 Å². The number of aromatic nitrogens is 3. The Kier molecular flexibility index (Phi) is 4.90. The fourth-order valence-corrected chi connectivity index (χ4v) is 4.88. The van der Waals surface area contributed by atoms with E-state index in [9.17, 15) is 0 Å². The molecule has 1 aliphatic carbocycles. The summed E-state index contributed by atoms with van der Waals surface area (Å²) in [6, 6.07) is 1.00. The maximum atomic E-state index is 6.14. The van der Waals surface area contributed by atoms with Crippen LogP contribution in [-0.4, -0.2) is 56.5 Å². The molecule has 2 unspecified atom stereocenters. The topological polar surface area (TPSA) is 76.4 Å². The van der Waals surface area contributed by atoms with Crippen LogP contribution in [0.1, 0.15) is 43.8 Å². The van der Waals surface area contributed by atoms with E-state index in [2.05, 4.69) is 20.8 Å². The van der Waals surface area contributed by atoms with Crippen LogP contribution in [0.3, 0.4) is 0 Å². The van der Waals surface area contributed by atoms with E-state index >= 15 is 0 Å². The third-order valence-corrected chi connectivity index (χ3v) is 6.60. The Hall–Kier alpha value is -1.28. The highest BCUT2D eigenvalue weighted by Gasteiger charge is 2.40. The van der Waals surface area contributed by atoms with E-state index in [1.54, 1.807) is 0 Å². The van der Waals surface area contributed by atoms with Gasteiger partial charge in [-0.05, 0) is 44.8 Å². The molecule has 2 atom stereocenters. The predicted octanol–water partition coefficient (Wildman–Crippen LogP) is 1.38. The van der Waals surface area contributed by atoms with Crippen LogP contribution < -0.4 is 10.6 Å². The third-order valence-electron chi connectivity index (χ3n) is 5.38. The first-order chi connectivity index (χ1) is 12.1. The van der Waals surface area contributed by atoms with Gasteiger partial charge in [-0.3, -0.25) is 0 Å². The molecule has 25 heavy (non-hydrogen) atoms. The number of rotatable bonds is 4. The summed E-state index contributed by atoms with van der Waals surface area (Å²) in [5.74, 6) is 5.08. The van der Waals surface area contributed by atoms with Gasteiger partial charge < -0.3 is 19.9 Å². The molecule has 4 rings (SSSR count). The Labute approximate surface area is 153 Å². The van der Waals surface area contributed by atoms with E-state index in [1.807, 2.05) is 30.3 Å². The largest absolute Gasteiger partial charge is 0.374 e. The molecule has 0 bridgehead atoms. The van der Waals surface area contributed by atoms with E-state index in [-0.39, 0.29) is 5.60 Å². The highest BCUT2D eigenvalue weighted by atomic mass is 32.2. The second-order valence-corrected chi connectivity index (χ2v) is 8.58. The van der Waals surface area contributed by atoms with Crippen molar-refractivity contribution in [1.82, 2.24) is 25.4 Å². The Morgan fingerprint density at radius 3 is 2.84 bits per heavy atom. The second kappa shape index (κ2) is 7.15. The van der Waals surface area contributed by atoms with Gasteiger partial charge >= 0.3 is 0 Å². The van der Waals surface area contributed by atoms with Crippen LogP contribution in [0.4, 0.5) is 0 Å². The molecule has 3 heterocycles. The summed E-state index contributed by atoms with van der Waals surface area (Å²) in [6.07, 6.45) is 5.77. The van der Waals surface area contributed by atoms with Crippen LogP contribution in [0.15, 0.2) is 4.99 Å². The van der Waals surface area contributed by atoms with Crippen LogP contribution in [0.2, 0.25) is 0 Å². The van der Waals surface area contributed by atoms with Crippen molar-refractivity contribution in [3.05, 3.63) is 11.6 Å². The zero-order chi connectivity index (χ0) is 17.3. The normalized spacial score (nSPS) is 30.0. The molecule has 0 aromatic carbocycles. The molecule has 7 nitrogen and oxygen atoms in total. The third kappa shape index (κ3) is 4.11. The summed E-state index contributed by atoms with van der Waals surface area (Å²) in [4.78, 5) is 4.78. The number of nitrogens with zero attached hydrogens (tertiary/aromatic N) is 4. The Morgan fingerprint density at radius 1 is 1.32 bits per heavy atom. The van der Waals surface area contributed by atoms with Gasteiger partial charge in [0, 0.05) is 31.5 Å². The molecule has 1 spiro atoms. The molecule has 2 N–H and O–H groups in total. The van der Waals surface area contributed by atoms with Crippen molar-refractivity contribution < 1.29 is 4.74 Å². The van der Waals surface area contributed by atoms with Crippen LogP contribution >= 0.6 is 11.8 Å². The second-order valence-electron chi connectivity index (χ2n) is 7.47. The van der Waals surface area contributed by atoms with Crippen molar-refractivity contribution in [3.63, 3.8) is 0 Å². The molecule has 2 aliphatic heterocycles. The van der Waals surface area contributed by atoms with Gasteiger partial charge in [-0.1, -0.05) is 0 Å². The van der Waals surface area contributed by atoms with Crippen LogP contribution in [0, 0.1) is 6.92 Å². The number of hydrogen-bond acceptors (Lipinski definition) is 5. The summed E-state index contributed by atoms with van der Waals surface area (Å²) in [5.41, 5.74) is 0.0893. The van der Waals surface area contributed by atoms with Gasteiger partial charge in [-0.15, -0.1) is 10.2 Å². The van der Waals surface area contributed by atoms with Gasteiger partial charge in [0.15, 0.2) is 11.8 Å². The molecule has 0 radical (unpaired) electrons. The monoisotopic (exact) mass is 364 g/mol. The summed E-state index contributed by atoms with van der Waals surface area (Å²) in [7, 11) is 1.99. The molecule has 1 aromatic rings. The maximum Gasteiger partial charge on any atom is 0.192 e. The number of aryl methyl sites for hydroxylation is 1. The van der Waals surface area contributed by atoms with Gasteiger partial charge in [0.05, 0.1) is 5.60 Å². The molecule has 8 heteroatoms. The van der Waals surface area contributed by atoms with Gasteiger partial charge in [-0.2, -0.15) is 11.8 Å². The number of nitrogens with one attached hydrogen (secondary N) is 2. The number of hydrogen-bond donors (Lipinski definition) is 2. The van der Waals surface area contributed by atoms with Gasteiger partial charge in [0.25, 0.3) is 0 Å². The Bertz CT molecular complexity index is 635. The number of ether oxygens (including phenoxy) is 1. The Balaban J connectivity index is 1.41. The van der Waals surface area contributed by atoms with Crippen molar-refractivity contribution in [1.29, 1.82) is 0 Å². The summed E-state index contributed by atoms with van der Waals surface area (Å²) in [5, 5.41) is 15.5. The van der Waals surface area contributed by atoms with E-state index < -0.39 is 0 Å². The zero-order valence-electron chi connectivity index (χ0n) is 15.1. The fraction of sp³-hybridized carbons (Fsp3) is 0.824. The smallest absolute Gasteiger partial charge is 0.192 e. The molecule has 2 saturated heterocycles. The molecular weight excluding hydrogens is 336 g/mol. The minimum atomic E-state index is 0.0893. The van der Waals surface area contributed by atoms with Gasteiger partial charge in [-0.25, -0.2) is 4.99 Å². The molecular formula is C17H28N6OS. The predicted molar refractivity (Wildman–Crippen MR) is 99.8 cm³/mol. The van der Waals surface area contributed by atoms with Gasteiger partial charge in [0.1, 0.15) is 12.4 Å². The molecule has 3 fully saturated rings. The highest BCUT2D eigenvalue weighted by molar-refractivity contribution is 7.99. The first kappa shape index (κ1) is 17.1. The van der Waals surface area contributed by atoms with Crippen molar-refractivity contribution >= 4 is 17.7 Å². The summed E-state index contributed by atoms with van der Waals surface area (Å²) in [6.45, 7) is 3.35. The lowest BCUT2D eigenvalue weighted by molar-refractivity contribution is -0.0679. The summed E-state index contributed by atoms with van der Waals surface area (Å²) < 4.78 is 8.13. The first-order valence-corrected chi connectivity index (χ1v) is 10.4. The van der Waals surface area contributed by atoms with Crippen molar-refractivity contribution in [3.8, 4) is 0 Å². The minimum Gasteiger partial charge on any atom is -0.374 e. The number of guanidine groups is 1. The zero-order valence-corrected chi connectivity index (χ0v) is 15.9. The maximum absolute atomic E-state index is 6.14. The highest BCUT2D eigenvalue weighted by Crippen LogP contribution is 2.38. The van der Waals surface area contributed by atoms with E-state index in [0.717, 1.165) is 42.8 Å². The lowest BCUT2D eigenvalue weighted by Crippen LogP contribution is -2.52. The van der Waals surface area contributed by atoms with Gasteiger partial charge in [0.2, 0.25) is 0 Å². The molecule has 1 aromatic heterocycles. The average Bonchev–Trinajstić information content (AvgIpc) is 3.22. The standard InChI is InChI=1S/C17H28N6OS/c1-12-21-22-15(23(12)2)10-18-16(19-13-3-4-13)20-14-5-7-24-17(9-14)6-8-25-11-17/h13-14H,3-11H2,1-2H3,(H2,18,19,20). The molecule has 0 amide bonds. The minimum absolute atomic E-state index is 0.0893. The van der Waals surface area contributed by atoms with Crippen LogP contribution in [-0.2, 0) is 18.3 Å². The van der Waals surface area contributed by atoms with Crippen LogP contribution in [0.5, 0.6) is 0 Å². The molecule has 138 valence electrons. The fourth-order valence-electron chi connectivity index (χ4n) is 3.50. The summed E-state index contributed by atoms with van der Waals surface area (Å²) >= 11 is 2.02. The van der Waals surface area contributed by atoms with Crippen molar-refractivity contribution in [2.45, 2.75) is 63.3 Å². The SMILES string of the molecule is Cc1nnc(CN=C(NC2CC2)NC2CCOC3(CCSC3)C2)n1C. The first-order valence-electron chi connectivity index (χ1n) is 9.28. The van der Waals surface area contributed by atoms with E-state index in [0.29, 0.717) is 18.6 Å². The lowest BCUT2D eigenvalue weighted by Gasteiger charge is -2.38. The van der Waals surface area contributed by atoms with E-state index in [1.165, 1.54) is 25.0 Å². The van der Waals surface area contributed by atoms with E-state index in [4.69, 9.17) is 9.73 Å². The lowest BCUT2D eigenvalue weighted by atomic mass is 9.90.